The Morgan fingerprint density at radius 1 is 1.62 bits per heavy atom. The van der Waals surface area contributed by atoms with Crippen molar-refractivity contribution in [3.63, 3.8) is 0 Å². The molecule has 0 spiro atoms. The Labute approximate surface area is 96.5 Å². The maximum absolute atomic E-state index is 10.2. The molecule has 16 heavy (non-hydrogen) atoms. The van der Waals surface area contributed by atoms with Crippen molar-refractivity contribution in [1.29, 1.82) is 0 Å². The van der Waals surface area contributed by atoms with E-state index < -0.39 is 0 Å². The predicted octanol–water partition coefficient (Wildman–Crippen LogP) is 1.90. The lowest BCUT2D eigenvalue weighted by molar-refractivity contribution is 0.0439. The number of ether oxygens (including phenoxy) is 1. The minimum atomic E-state index is -0.342. The molecule has 2 rings (SSSR count). The number of methoxy groups -OCH3 is 1. The molecule has 0 fully saturated rings. The summed E-state index contributed by atoms with van der Waals surface area (Å²) in [5.41, 5.74) is 2.37. The molecule has 88 valence electrons. The molecule has 1 heterocycles. The molecule has 1 aliphatic carbocycles. The Morgan fingerprint density at radius 2 is 2.44 bits per heavy atom. The summed E-state index contributed by atoms with van der Waals surface area (Å²) in [6.07, 6.45) is 4.28. The van der Waals surface area contributed by atoms with E-state index >= 15 is 0 Å². The first kappa shape index (κ1) is 11.6. The average Bonchev–Trinajstić information content (AvgIpc) is 2.72. The Kier molecular flexibility index (Phi) is 3.56. The molecule has 0 saturated heterocycles. The second-order valence-corrected chi connectivity index (χ2v) is 4.54. The van der Waals surface area contributed by atoms with Crippen LogP contribution in [0.25, 0.3) is 0 Å². The van der Waals surface area contributed by atoms with Crippen LogP contribution in [0.3, 0.4) is 0 Å². The smallest absolute Gasteiger partial charge is 0.0648 e. The molecule has 3 nitrogen and oxygen atoms in total. The van der Waals surface area contributed by atoms with Crippen molar-refractivity contribution in [1.82, 2.24) is 4.98 Å². The van der Waals surface area contributed by atoms with E-state index in [-0.39, 0.29) is 18.1 Å². The number of aromatic nitrogens is 1. The molecule has 1 aromatic rings. The van der Waals surface area contributed by atoms with Gasteiger partial charge in [0.2, 0.25) is 0 Å². The van der Waals surface area contributed by atoms with Crippen LogP contribution in [0.15, 0.2) is 18.3 Å². The van der Waals surface area contributed by atoms with Gasteiger partial charge in [0, 0.05) is 24.9 Å². The number of hydrogen-bond donors (Lipinski definition) is 1. The zero-order valence-corrected chi connectivity index (χ0v) is 9.89. The lowest BCUT2D eigenvalue weighted by atomic mass is 9.95. The maximum Gasteiger partial charge on any atom is 0.0648 e. The second-order valence-electron chi connectivity index (χ2n) is 4.54. The highest BCUT2D eigenvalue weighted by atomic mass is 16.5. The Bertz CT molecular complexity index is 354. The predicted molar refractivity (Wildman–Crippen MR) is 62.4 cm³/mol. The summed E-state index contributed by atoms with van der Waals surface area (Å²) in [6.45, 7) is 1.98. The third-order valence-electron chi connectivity index (χ3n) is 3.44. The fourth-order valence-corrected chi connectivity index (χ4v) is 2.42. The van der Waals surface area contributed by atoms with Gasteiger partial charge in [-0.05, 0) is 37.8 Å². The topological polar surface area (TPSA) is 42.4 Å². The van der Waals surface area contributed by atoms with Crippen molar-refractivity contribution in [2.45, 2.75) is 44.3 Å². The number of aryl methyl sites for hydroxylation is 1. The molecule has 3 atom stereocenters. The van der Waals surface area contributed by atoms with E-state index in [1.54, 1.807) is 7.11 Å². The number of aliphatic hydroxyl groups is 1. The highest BCUT2D eigenvalue weighted by molar-refractivity contribution is 5.29. The van der Waals surface area contributed by atoms with Gasteiger partial charge in [-0.15, -0.1) is 0 Å². The quantitative estimate of drug-likeness (QED) is 0.844. The van der Waals surface area contributed by atoms with Gasteiger partial charge in [-0.25, -0.2) is 0 Å². The number of nitrogens with zero attached hydrogens (tertiary/aromatic N) is 1. The van der Waals surface area contributed by atoms with E-state index in [1.807, 2.05) is 19.2 Å². The first-order valence-corrected chi connectivity index (χ1v) is 5.87. The summed E-state index contributed by atoms with van der Waals surface area (Å²) in [6, 6.07) is 4.07. The van der Waals surface area contributed by atoms with Gasteiger partial charge in [-0.1, -0.05) is 6.07 Å². The van der Waals surface area contributed by atoms with Crippen LogP contribution in [0.2, 0.25) is 0 Å². The molecule has 0 saturated carbocycles. The van der Waals surface area contributed by atoms with Crippen LogP contribution in [0.5, 0.6) is 0 Å². The second kappa shape index (κ2) is 4.93. The third-order valence-corrected chi connectivity index (χ3v) is 3.44. The molecule has 0 bridgehead atoms. The van der Waals surface area contributed by atoms with E-state index in [2.05, 4.69) is 11.1 Å². The molecular weight excluding hydrogens is 202 g/mol. The van der Waals surface area contributed by atoms with Gasteiger partial charge < -0.3 is 9.84 Å². The van der Waals surface area contributed by atoms with Gasteiger partial charge in [0.15, 0.2) is 0 Å². The molecular formula is C13H19NO2. The van der Waals surface area contributed by atoms with E-state index in [1.165, 1.54) is 5.56 Å². The van der Waals surface area contributed by atoms with Crippen molar-refractivity contribution in [2.75, 3.05) is 7.11 Å². The van der Waals surface area contributed by atoms with E-state index in [9.17, 15) is 5.11 Å². The highest BCUT2D eigenvalue weighted by Crippen LogP contribution is 2.35. The van der Waals surface area contributed by atoms with Crippen LogP contribution >= 0.6 is 0 Å². The fourth-order valence-electron chi connectivity index (χ4n) is 2.42. The lowest BCUT2D eigenvalue weighted by Gasteiger charge is -2.21. The van der Waals surface area contributed by atoms with Crippen LogP contribution < -0.4 is 0 Å². The number of aliphatic hydroxyl groups excluding tert-OH is 1. The Morgan fingerprint density at radius 3 is 3.19 bits per heavy atom. The third kappa shape index (κ3) is 2.25. The van der Waals surface area contributed by atoms with Gasteiger partial charge in [-0.3, -0.25) is 4.98 Å². The van der Waals surface area contributed by atoms with Gasteiger partial charge in [0.05, 0.1) is 12.2 Å². The van der Waals surface area contributed by atoms with Gasteiger partial charge in [0.1, 0.15) is 0 Å². The SMILES string of the molecule is COC(C)CC(O)C1CCc2cccnc21. The number of fused-ring (bicyclic) bond motifs is 1. The molecule has 0 aromatic carbocycles. The Balaban J connectivity index is 2.07. The molecule has 0 aliphatic heterocycles. The monoisotopic (exact) mass is 221 g/mol. The van der Waals surface area contributed by atoms with Crippen LogP contribution in [0.4, 0.5) is 0 Å². The fraction of sp³-hybridized carbons (Fsp3) is 0.615. The molecule has 1 N–H and O–H groups in total. The van der Waals surface area contributed by atoms with Gasteiger partial charge in [-0.2, -0.15) is 0 Å². The first-order chi connectivity index (χ1) is 7.72. The summed E-state index contributed by atoms with van der Waals surface area (Å²) in [5.74, 6) is 0.189. The number of pyridine rings is 1. The van der Waals surface area contributed by atoms with E-state index in [0.29, 0.717) is 6.42 Å². The number of hydrogen-bond acceptors (Lipinski definition) is 3. The van der Waals surface area contributed by atoms with Crippen LogP contribution in [-0.2, 0) is 11.2 Å². The van der Waals surface area contributed by atoms with Crippen molar-refractivity contribution in [3.8, 4) is 0 Å². The van der Waals surface area contributed by atoms with Gasteiger partial charge >= 0.3 is 0 Å². The highest BCUT2D eigenvalue weighted by Gasteiger charge is 2.30. The van der Waals surface area contributed by atoms with Crippen LogP contribution in [-0.4, -0.2) is 29.4 Å². The first-order valence-electron chi connectivity index (χ1n) is 5.87. The largest absolute Gasteiger partial charge is 0.392 e. The van der Waals surface area contributed by atoms with E-state index in [4.69, 9.17) is 4.74 Å². The molecule has 1 aliphatic rings. The zero-order valence-electron chi connectivity index (χ0n) is 9.89. The number of rotatable bonds is 4. The summed E-state index contributed by atoms with van der Waals surface area (Å²) in [5, 5.41) is 10.2. The zero-order chi connectivity index (χ0) is 11.5. The molecule has 1 aromatic heterocycles. The molecule has 0 radical (unpaired) electrons. The van der Waals surface area contributed by atoms with Gasteiger partial charge in [0.25, 0.3) is 0 Å². The molecule has 0 amide bonds. The van der Waals surface area contributed by atoms with Crippen molar-refractivity contribution in [3.05, 3.63) is 29.6 Å². The maximum atomic E-state index is 10.2. The molecule has 3 unspecified atom stereocenters. The lowest BCUT2D eigenvalue weighted by Crippen LogP contribution is -2.23. The molecule has 3 heteroatoms. The van der Waals surface area contributed by atoms with Crippen molar-refractivity contribution < 1.29 is 9.84 Å². The standard InChI is InChI=1S/C13H19NO2/c1-9(16-2)8-12(15)11-6-5-10-4-3-7-14-13(10)11/h3-4,7,9,11-12,15H,5-6,8H2,1-2H3. The normalized spacial score (nSPS) is 22.8. The summed E-state index contributed by atoms with van der Waals surface area (Å²) < 4.78 is 5.19. The van der Waals surface area contributed by atoms with Crippen molar-refractivity contribution in [2.24, 2.45) is 0 Å². The summed E-state index contributed by atoms with van der Waals surface area (Å²) in [7, 11) is 1.68. The van der Waals surface area contributed by atoms with Crippen molar-refractivity contribution >= 4 is 0 Å². The van der Waals surface area contributed by atoms with E-state index in [0.717, 1.165) is 18.5 Å². The minimum Gasteiger partial charge on any atom is -0.392 e. The summed E-state index contributed by atoms with van der Waals surface area (Å²) >= 11 is 0. The van der Waals surface area contributed by atoms with Crippen LogP contribution in [0.1, 0.15) is 36.9 Å². The minimum absolute atomic E-state index is 0.0998. The van der Waals surface area contributed by atoms with Crippen LogP contribution in [0, 0.1) is 0 Å². The average molecular weight is 221 g/mol. The summed E-state index contributed by atoms with van der Waals surface area (Å²) in [4.78, 5) is 4.39. The Hall–Kier alpha value is -0.930.